The van der Waals surface area contributed by atoms with Gasteiger partial charge in [-0.2, -0.15) is 0 Å². The van der Waals surface area contributed by atoms with Crippen LogP contribution in [-0.2, 0) is 6.61 Å². The van der Waals surface area contributed by atoms with Crippen LogP contribution in [0.25, 0.3) is 0 Å². The van der Waals surface area contributed by atoms with Crippen LogP contribution in [0.2, 0.25) is 0 Å². The largest absolute Gasteiger partial charge is 1.00 e. The van der Waals surface area contributed by atoms with Crippen molar-refractivity contribution in [2.75, 3.05) is 0 Å². The van der Waals surface area contributed by atoms with E-state index in [-0.39, 0.29) is 58.0 Å². The van der Waals surface area contributed by atoms with Gasteiger partial charge in [0, 0.05) is 0 Å². The summed E-state index contributed by atoms with van der Waals surface area (Å²) in [6.07, 6.45) is 0. The minimum Gasteiger partial charge on any atom is -0.492 e. The zero-order chi connectivity index (χ0) is 14.8. The molecule has 0 aliphatic carbocycles. The Kier molecular flexibility index (Phi) is 6.86. The minimum absolute atomic E-state index is 0. The van der Waals surface area contributed by atoms with E-state index in [0.717, 1.165) is 18.2 Å². The van der Waals surface area contributed by atoms with E-state index in [2.05, 4.69) is 0 Å². The van der Waals surface area contributed by atoms with E-state index in [1.807, 2.05) is 0 Å². The van der Waals surface area contributed by atoms with Crippen LogP contribution in [-0.4, -0.2) is 6.98 Å². The van der Waals surface area contributed by atoms with Gasteiger partial charge in [-0.05, 0) is 35.9 Å². The molecular weight excluding hydrogens is 317 g/mol. The van der Waals surface area contributed by atoms with Gasteiger partial charge >= 0.3 is 58.4 Å². The van der Waals surface area contributed by atoms with Crippen molar-refractivity contribution in [3.05, 3.63) is 59.7 Å². The molecule has 0 radical (unpaired) electrons. The number of hydrogen-bond donors (Lipinski definition) is 0. The molecule has 8 heteroatoms. The van der Waals surface area contributed by atoms with Gasteiger partial charge in [-0.25, -0.2) is 8.78 Å². The average molecular weight is 326 g/mol. The van der Waals surface area contributed by atoms with Gasteiger partial charge in [0.05, 0.1) is 5.75 Å². The van der Waals surface area contributed by atoms with Crippen LogP contribution in [0.3, 0.4) is 0 Å². The van der Waals surface area contributed by atoms with Gasteiger partial charge in [-0.3, -0.25) is 0 Å². The van der Waals surface area contributed by atoms with Gasteiger partial charge < -0.3 is 17.7 Å². The molecule has 0 amide bonds. The molecule has 2 rings (SSSR count). The maximum Gasteiger partial charge on any atom is 1.00 e. The Morgan fingerprint density at radius 2 is 1.57 bits per heavy atom. The predicted octanol–water partition coefficient (Wildman–Crippen LogP) is 0.602. The Labute approximate surface area is 161 Å². The van der Waals surface area contributed by atoms with Gasteiger partial charge in [0.15, 0.2) is 0 Å². The summed E-state index contributed by atoms with van der Waals surface area (Å²) in [5.74, 6) is -1.97. The summed E-state index contributed by atoms with van der Waals surface area (Å²) in [5.41, 5.74) is -0.753. The SMILES string of the molecule is Fc1cccc(COc2ccc(F)cc2[B-](F)(F)F)c1.[K+]. The van der Waals surface area contributed by atoms with Crippen LogP contribution in [0.4, 0.5) is 21.7 Å². The van der Waals surface area contributed by atoms with E-state index >= 15 is 0 Å². The van der Waals surface area contributed by atoms with Gasteiger partial charge in [0.25, 0.3) is 0 Å². The zero-order valence-electron chi connectivity index (χ0n) is 11.1. The molecule has 21 heavy (non-hydrogen) atoms. The van der Waals surface area contributed by atoms with Gasteiger partial charge in [0.2, 0.25) is 0 Å². The quantitative estimate of drug-likeness (QED) is 0.591. The van der Waals surface area contributed by atoms with E-state index in [4.69, 9.17) is 4.74 Å². The summed E-state index contributed by atoms with van der Waals surface area (Å²) in [4.78, 5) is 0. The molecule has 0 spiro atoms. The molecule has 0 aliphatic rings. The zero-order valence-corrected chi connectivity index (χ0v) is 14.2. The first-order chi connectivity index (χ1) is 9.36. The van der Waals surface area contributed by atoms with Crippen LogP contribution in [0.15, 0.2) is 42.5 Å². The predicted molar refractivity (Wildman–Crippen MR) is 65.8 cm³/mol. The van der Waals surface area contributed by atoms with Gasteiger partial charge in [0.1, 0.15) is 18.2 Å². The van der Waals surface area contributed by atoms with E-state index in [1.54, 1.807) is 0 Å². The van der Waals surface area contributed by atoms with E-state index in [0.29, 0.717) is 11.6 Å². The van der Waals surface area contributed by atoms with Crippen molar-refractivity contribution in [3.63, 3.8) is 0 Å². The fraction of sp³-hybridized carbons (Fsp3) is 0.0769. The molecular formula is C13H9BF5KO. The van der Waals surface area contributed by atoms with Crippen molar-refractivity contribution >= 4 is 12.4 Å². The summed E-state index contributed by atoms with van der Waals surface area (Å²) in [7, 11) is 0. The van der Waals surface area contributed by atoms with Crippen molar-refractivity contribution < 1.29 is 77.8 Å². The van der Waals surface area contributed by atoms with Crippen LogP contribution in [0.1, 0.15) is 5.56 Å². The van der Waals surface area contributed by atoms with E-state index in [9.17, 15) is 21.7 Å². The molecule has 1 nitrogen and oxygen atoms in total. The second-order valence-corrected chi connectivity index (χ2v) is 4.18. The molecule has 0 aliphatic heterocycles. The normalized spacial score (nSPS) is 10.9. The third kappa shape index (κ3) is 5.37. The first kappa shape index (κ1) is 18.6. The Hall–Kier alpha value is -0.409. The van der Waals surface area contributed by atoms with Crippen molar-refractivity contribution in [3.8, 4) is 5.75 Å². The molecule has 0 fully saturated rings. The number of ether oxygens (including phenoxy) is 1. The number of halogens is 5. The Balaban J connectivity index is 0.00000220. The second-order valence-electron chi connectivity index (χ2n) is 4.18. The summed E-state index contributed by atoms with van der Waals surface area (Å²) >= 11 is 0. The van der Waals surface area contributed by atoms with Crippen LogP contribution in [0, 0.1) is 11.6 Å². The van der Waals surface area contributed by atoms with Gasteiger partial charge in [-0.15, -0.1) is 0 Å². The third-order valence-electron chi connectivity index (χ3n) is 2.61. The smallest absolute Gasteiger partial charge is 0.492 e. The molecule has 0 unspecified atom stereocenters. The Morgan fingerprint density at radius 1 is 0.905 bits per heavy atom. The maximum absolute atomic E-state index is 12.9. The van der Waals surface area contributed by atoms with E-state index < -0.39 is 29.8 Å². The van der Waals surface area contributed by atoms with Crippen molar-refractivity contribution in [1.29, 1.82) is 0 Å². The third-order valence-corrected chi connectivity index (χ3v) is 2.61. The number of rotatable bonds is 4. The van der Waals surface area contributed by atoms with Crippen molar-refractivity contribution in [1.82, 2.24) is 0 Å². The molecule has 0 bridgehead atoms. The number of benzene rings is 2. The standard InChI is InChI=1S/C13H9BF5O.K/c15-10-3-1-2-9(6-10)8-20-13-5-4-11(16)7-12(13)14(17,18)19;/h1-7H,8H2;/q-1;+1. The van der Waals surface area contributed by atoms with Crippen LogP contribution >= 0.6 is 0 Å². The molecule has 2 aromatic rings. The summed E-state index contributed by atoms with van der Waals surface area (Å²) in [6.45, 7) is -5.62. The second kappa shape index (κ2) is 7.73. The van der Waals surface area contributed by atoms with E-state index in [1.165, 1.54) is 18.2 Å². The summed E-state index contributed by atoms with van der Waals surface area (Å²) < 4.78 is 69.2. The summed E-state index contributed by atoms with van der Waals surface area (Å²) in [6, 6.07) is 7.50. The fourth-order valence-corrected chi connectivity index (χ4v) is 1.69. The summed E-state index contributed by atoms with van der Waals surface area (Å²) in [5, 5.41) is 0. The molecule has 0 atom stereocenters. The minimum atomic E-state index is -5.39. The molecule has 0 saturated carbocycles. The average Bonchev–Trinajstić information content (AvgIpc) is 2.36. The topological polar surface area (TPSA) is 9.23 Å². The fourth-order valence-electron chi connectivity index (χ4n) is 1.69. The Bertz CT molecular complexity index is 618. The molecule has 0 saturated heterocycles. The maximum atomic E-state index is 12.9. The Morgan fingerprint density at radius 3 is 2.19 bits per heavy atom. The molecule has 106 valence electrons. The first-order valence-corrected chi connectivity index (χ1v) is 5.73. The number of hydrogen-bond acceptors (Lipinski definition) is 1. The monoisotopic (exact) mass is 326 g/mol. The van der Waals surface area contributed by atoms with Gasteiger partial charge in [-0.1, -0.05) is 17.6 Å². The first-order valence-electron chi connectivity index (χ1n) is 5.73. The van der Waals surface area contributed by atoms with Crippen molar-refractivity contribution in [2.45, 2.75) is 6.61 Å². The molecule has 0 N–H and O–H groups in total. The van der Waals surface area contributed by atoms with Crippen LogP contribution < -0.4 is 61.6 Å². The molecule has 0 aromatic heterocycles. The van der Waals surface area contributed by atoms with Crippen LogP contribution in [0.5, 0.6) is 5.75 Å². The van der Waals surface area contributed by atoms with Crippen molar-refractivity contribution in [2.24, 2.45) is 0 Å². The molecule has 0 heterocycles. The molecule has 2 aromatic carbocycles.